The van der Waals surface area contributed by atoms with Gasteiger partial charge in [-0.1, -0.05) is 6.07 Å². The zero-order valence-electron chi connectivity index (χ0n) is 11.7. The smallest absolute Gasteiger partial charge is 0.251 e. The highest BCUT2D eigenvalue weighted by molar-refractivity contribution is 5.80. The SMILES string of the molecule is Cc1cc2cc(CC3CCC(=O)CC3)ccc2[nH]c1=O. The summed E-state index contributed by atoms with van der Waals surface area (Å²) in [5.74, 6) is 1.03. The van der Waals surface area contributed by atoms with Crippen molar-refractivity contribution in [1.82, 2.24) is 4.98 Å². The molecule has 0 aliphatic heterocycles. The third-order valence-corrected chi connectivity index (χ3v) is 4.28. The van der Waals surface area contributed by atoms with Crippen molar-refractivity contribution in [2.75, 3.05) is 0 Å². The van der Waals surface area contributed by atoms with E-state index in [9.17, 15) is 9.59 Å². The molecular weight excluding hydrogens is 250 g/mol. The van der Waals surface area contributed by atoms with Gasteiger partial charge in [0.15, 0.2) is 0 Å². The molecule has 1 N–H and O–H groups in total. The molecule has 3 heteroatoms. The fourth-order valence-corrected chi connectivity index (χ4v) is 3.03. The van der Waals surface area contributed by atoms with Crippen LogP contribution < -0.4 is 5.56 Å². The summed E-state index contributed by atoms with van der Waals surface area (Å²) in [5, 5.41) is 1.09. The van der Waals surface area contributed by atoms with Gasteiger partial charge in [0.05, 0.1) is 0 Å². The Morgan fingerprint density at radius 3 is 2.65 bits per heavy atom. The molecule has 0 radical (unpaired) electrons. The number of pyridine rings is 1. The van der Waals surface area contributed by atoms with Gasteiger partial charge in [-0.05, 0) is 61.3 Å². The van der Waals surface area contributed by atoms with Crippen LogP contribution in [0.15, 0.2) is 29.1 Å². The Balaban J connectivity index is 1.84. The number of aromatic amines is 1. The van der Waals surface area contributed by atoms with E-state index in [-0.39, 0.29) is 5.56 Å². The number of carbonyl (C=O) groups excluding carboxylic acids is 1. The van der Waals surface area contributed by atoms with Crippen LogP contribution in [0.4, 0.5) is 0 Å². The van der Waals surface area contributed by atoms with Crippen molar-refractivity contribution in [1.29, 1.82) is 0 Å². The van der Waals surface area contributed by atoms with Crippen molar-refractivity contribution in [3.05, 3.63) is 45.7 Å². The number of aryl methyl sites for hydroxylation is 1. The second-order valence-corrected chi connectivity index (χ2v) is 5.89. The average Bonchev–Trinajstić information content (AvgIpc) is 2.43. The van der Waals surface area contributed by atoms with E-state index < -0.39 is 0 Å². The number of H-pyrrole nitrogens is 1. The van der Waals surface area contributed by atoms with Gasteiger partial charge in [0.25, 0.3) is 5.56 Å². The minimum atomic E-state index is -0.0176. The predicted octanol–water partition coefficient (Wildman–Crippen LogP) is 3.14. The first-order valence-corrected chi connectivity index (χ1v) is 7.26. The van der Waals surface area contributed by atoms with Crippen molar-refractivity contribution < 1.29 is 4.79 Å². The molecule has 0 bridgehead atoms. The predicted molar refractivity (Wildman–Crippen MR) is 80.0 cm³/mol. The minimum absolute atomic E-state index is 0.0176. The number of nitrogens with one attached hydrogen (secondary N) is 1. The summed E-state index contributed by atoms with van der Waals surface area (Å²) in [6.07, 6.45) is 4.54. The molecule has 1 aromatic carbocycles. The molecule has 1 saturated carbocycles. The van der Waals surface area contributed by atoms with Gasteiger partial charge >= 0.3 is 0 Å². The third kappa shape index (κ3) is 2.67. The van der Waals surface area contributed by atoms with E-state index in [0.29, 0.717) is 11.7 Å². The molecule has 104 valence electrons. The van der Waals surface area contributed by atoms with E-state index in [4.69, 9.17) is 0 Å². The Morgan fingerprint density at radius 1 is 1.15 bits per heavy atom. The van der Waals surface area contributed by atoms with Gasteiger partial charge in [0.2, 0.25) is 0 Å². The van der Waals surface area contributed by atoms with Crippen molar-refractivity contribution in [2.45, 2.75) is 39.0 Å². The topological polar surface area (TPSA) is 49.9 Å². The van der Waals surface area contributed by atoms with Crippen LogP contribution in [0.3, 0.4) is 0 Å². The molecule has 3 nitrogen and oxygen atoms in total. The largest absolute Gasteiger partial charge is 0.322 e. The Bertz CT molecular complexity index is 704. The van der Waals surface area contributed by atoms with Gasteiger partial charge in [-0.25, -0.2) is 0 Å². The van der Waals surface area contributed by atoms with E-state index in [1.165, 1.54) is 5.56 Å². The highest BCUT2D eigenvalue weighted by Gasteiger charge is 2.18. The zero-order chi connectivity index (χ0) is 14.1. The molecule has 1 fully saturated rings. The van der Waals surface area contributed by atoms with Crippen LogP contribution in [-0.2, 0) is 11.2 Å². The van der Waals surface area contributed by atoms with E-state index in [0.717, 1.165) is 48.6 Å². The number of aromatic nitrogens is 1. The van der Waals surface area contributed by atoms with Gasteiger partial charge in [-0.2, -0.15) is 0 Å². The van der Waals surface area contributed by atoms with Crippen molar-refractivity contribution >= 4 is 16.7 Å². The molecule has 0 saturated heterocycles. The summed E-state index contributed by atoms with van der Waals surface area (Å²) in [7, 11) is 0. The molecule has 20 heavy (non-hydrogen) atoms. The van der Waals surface area contributed by atoms with Gasteiger partial charge in [-0.3, -0.25) is 9.59 Å². The summed E-state index contributed by atoms with van der Waals surface area (Å²) in [6, 6.07) is 8.18. The fraction of sp³-hybridized carbons (Fsp3) is 0.412. The number of ketones is 1. The minimum Gasteiger partial charge on any atom is -0.322 e. The Kier molecular flexibility index (Phi) is 3.43. The maximum absolute atomic E-state index is 11.6. The number of benzene rings is 1. The normalized spacial score (nSPS) is 16.8. The summed E-state index contributed by atoms with van der Waals surface area (Å²) >= 11 is 0. The Morgan fingerprint density at radius 2 is 1.90 bits per heavy atom. The van der Waals surface area contributed by atoms with E-state index in [1.807, 2.05) is 19.1 Å². The lowest BCUT2D eigenvalue weighted by Crippen LogP contribution is -2.15. The molecule has 2 aromatic rings. The third-order valence-electron chi connectivity index (χ3n) is 4.28. The molecule has 0 amide bonds. The van der Waals surface area contributed by atoms with Crippen LogP contribution in [-0.4, -0.2) is 10.8 Å². The van der Waals surface area contributed by atoms with Crippen LogP contribution in [0.5, 0.6) is 0 Å². The van der Waals surface area contributed by atoms with Gasteiger partial charge in [0, 0.05) is 23.9 Å². The summed E-state index contributed by atoms with van der Waals surface area (Å²) < 4.78 is 0. The second-order valence-electron chi connectivity index (χ2n) is 5.89. The number of hydrogen-bond acceptors (Lipinski definition) is 2. The molecule has 1 aliphatic carbocycles. The quantitative estimate of drug-likeness (QED) is 0.910. The van der Waals surface area contributed by atoms with Crippen molar-refractivity contribution in [3.63, 3.8) is 0 Å². The summed E-state index contributed by atoms with van der Waals surface area (Å²) in [5.41, 5.74) is 2.92. The monoisotopic (exact) mass is 269 g/mol. The lowest BCUT2D eigenvalue weighted by molar-refractivity contribution is -0.121. The first kappa shape index (κ1) is 13.1. The molecule has 1 aromatic heterocycles. The number of hydrogen-bond donors (Lipinski definition) is 1. The molecular formula is C17H19NO2. The van der Waals surface area contributed by atoms with Gasteiger partial charge in [-0.15, -0.1) is 0 Å². The van der Waals surface area contributed by atoms with E-state index in [1.54, 1.807) is 0 Å². The van der Waals surface area contributed by atoms with Crippen molar-refractivity contribution in [3.8, 4) is 0 Å². The lowest BCUT2D eigenvalue weighted by atomic mass is 9.84. The van der Waals surface area contributed by atoms with Gasteiger partial charge in [0.1, 0.15) is 5.78 Å². The number of rotatable bonds is 2. The van der Waals surface area contributed by atoms with Crippen LogP contribution in [0, 0.1) is 12.8 Å². The summed E-state index contributed by atoms with van der Waals surface area (Å²) in [4.78, 5) is 25.7. The number of carbonyl (C=O) groups is 1. The standard InChI is InChI=1S/C17H19NO2/c1-11-8-14-10-13(4-7-16(14)18-17(11)20)9-12-2-5-15(19)6-3-12/h4,7-8,10,12H,2-3,5-6,9H2,1H3,(H,18,20). The Hall–Kier alpha value is -1.90. The van der Waals surface area contributed by atoms with Crippen LogP contribution in [0.25, 0.3) is 10.9 Å². The highest BCUT2D eigenvalue weighted by Crippen LogP contribution is 2.26. The number of Topliss-reactive ketones (excluding diaryl/α,β-unsaturated/α-hetero) is 1. The first-order chi connectivity index (χ1) is 9.61. The van der Waals surface area contributed by atoms with E-state index >= 15 is 0 Å². The van der Waals surface area contributed by atoms with Crippen LogP contribution >= 0.6 is 0 Å². The van der Waals surface area contributed by atoms with E-state index in [2.05, 4.69) is 17.1 Å². The maximum Gasteiger partial charge on any atom is 0.251 e. The molecule has 1 aliphatic rings. The van der Waals surface area contributed by atoms with Crippen LogP contribution in [0.2, 0.25) is 0 Å². The molecule has 0 atom stereocenters. The molecule has 0 spiro atoms. The zero-order valence-corrected chi connectivity index (χ0v) is 11.7. The molecule has 3 rings (SSSR count). The number of fused-ring (bicyclic) bond motifs is 1. The van der Waals surface area contributed by atoms with Crippen LogP contribution in [0.1, 0.15) is 36.8 Å². The maximum atomic E-state index is 11.6. The fourth-order valence-electron chi connectivity index (χ4n) is 3.03. The first-order valence-electron chi connectivity index (χ1n) is 7.26. The average molecular weight is 269 g/mol. The summed E-state index contributed by atoms with van der Waals surface area (Å²) in [6.45, 7) is 1.83. The molecule has 0 unspecified atom stereocenters. The lowest BCUT2D eigenvalue weighted by Gasteiger charge is -2.20. The van der Waals surface area contributed by atoms with Gasteiger partial charge < -0.3 is 4.98 Å². The highest BCUT2D eigenvalue weighted by atomic mass is 16.1. The molecule has 1 heterocycles. The second kappa shape index (κ2) is 5.23. The Labute approximate surface area is 118 Å². The van der Waals surface area contributed by atoms with Crippen molar-refractivity contribution in [2.24, 2.45) is 5.92 Å².